The molecule has 0 aromatic heterocycles. The van der Waals surface area contributed by atoms with Crippen LogP contribution in [0.15, 0.2) is 41.3 Å². The van der Waals surface area contributed by atoms with Gasteiger partial charge in [-0.1, -0.05) is 6.42 Å². The maximum atomic E-state index is 13.8. The predicted molar refractivity (Wildman–Crippen MR) is 120 cm³/mol. The number of nitrogens with zero attached hydrogens (tertiary/aromatic N) is 1. The number of amides is 1. The molecule has 0 aliphatic carbocycles. The van der Waals surface area contributed by atoms with Crippen molar-refractivity contribution in [3.05, 3.63) is 53.6 Å². The SMILES string of the molecule is COc1ccc(C(=O)OC(C)C(=O)Nc2cc(F)ccc2F)cc1S(=O)(=O)N1CCCCC1C. The molecule has 3 rings (SSSR count). The minimum absolute atomic E-state index is 0.0710. The van der Waals surface area contributed by atoms with E-state index in [1.807, 2.05) is 6.92 Å². The number of esters is 1. The molecule has 34 heavy (non-hydrogen) atoms. The molecule has 2 unspecified atom stereocenters. The standard InChI is InChI=1S/C23H26F2N2O6S/c1-14-6-4-5-11-27(14)34(30,31)21-12-16(7-10-20(21)32-3)23(29)33-15(2)22(28)26-19-13-17(24)8-9-18(19)25/h7-10,12-15H,4-6,11H2,1-3H3,(H,26,28). The second kappa shape index (κ2) is 10.5. The smallest absolute Gasteiger partial charge is 0.338 e. The molecule has 0 radical (unpaired) electrons. The molecule has 1 aliphatic heterocycles. The highest BCUT2D eigenvalue weighted by Gasteiger charge is 2.34. The van der Waals surface area contributed by atoms with E-state index in [1.165, 1.54) is 30.5 Å². The lowest BCUT2D eigenvalue weighted by Gasteiger charge is -2.32. The summed E-state index contributed by atoms with van der Waals surface area (Å²) in [5.41, 5.74) is -0.512. The Morgan fingerprint density at radius 2 is 1.88 bits per heavy atom. The number of sulfonamides is 1. The van der Waals surface area contributed by atoms with Crippen LogP contribution in [0, 0.1) is 11.6 Å². The number of carbonyl (C=O) groups is 2. The minimum atomic E-state index is -3.96. The molecule has 0 saturated carbocycles. The average molecular weight is 497 g/mol. The van der Waals surface area contributed by atoms with E-state index in [4.69, 9.17) is 9.47 Å². The van der Waals surface area contributed by atoms with Crippen LogP contribution in [0.1, 0.15) is 43.5 Å². The van der Waals surface area contributed by atoms with Gasteiger partial charge >= 0.3 is 5.97 Å². The summed E-state index contributed by atoms with van der Waals surface area (Å²) < 4.78 is 65.4. The Balaban J connectivity index is 1.79. The van der Waals surface area contributed by atoms with Crippen LogP contribution in [0.4, 0.5) is 14.5 Å². The predicted octanol–water partition coefficient (Wildman–Crippen LogP) is 3.72. The third kappa shape index (κ3) is 5.53. The molecule has 2 atom stereocenters. The lowest BCUT2D eigenvalue weighted by Crippen LogP contribution is -2.42. The molecular weight excluding hydrogens is 470 g/mol. The molecule has 184 valence electrons. The molecule has 1 saturated heterocycles. The fourth-order valence-electron chi connectivity index (χ4n) is 3.67. The van der Waals surface area contributed by atoms with Gasteiger partial charge in [0.15, 0.2) is 6.10 Å². The number of methoxy groups -OCH3 is 1. The maximum Gasteiger partial charge on any atom is 0.338 e. The monoisotopic (exact) mass is 496 g/mol. The normalized spacial score (nSPS) is 17.6. The van der Waals surface area contributed by atoms with Gasteiger partial charge < -0.3 is 14.8 Å². The zero-order valence-electron chi connectivity index (χ0n) is 19.0. The zero-order chi connectivity index (χ0) is 25.0. The van der Waals surface area contributed by atoms with Gasteiger partial charge in [-0.25, -0.2) is 22.0 Å². The molecule has 0 bridgehead atoms. The number of anilines is 1. The molecule has 0 spiro atoms. The quantitative estimate of drug-likeness (QED) is 0.587. The molecular formula is C23H26F2N2O6S. The Kier molecular flexibility index (Phi) is 7.88. The summed E-state index contributed by atoms with van der Waals surface area (Å²) in [5.74, 6) is -3.39. The average Bonchev–Trinajstić information content (AvgIpc) is 2.81. The van der Waals surface area contributed by atoms with Crippen molar-refractivity contribution in [3.8, 4) is 5.75 Å². The number of ether oxygens (including phenoxy) is 2. The summed E-state index contributed by atoms with van der Waals surface area (Å²) in [4.78, 5) is 24.8. The van der Waals surface area contributed by atoms with Crippen LogP contribution in [0.2, 0.25) is 0 Å². The molecule has 1 aliphatic rings. The zero-order valence-corrected chi connectivity index (χ0v) is 19.8. The van der Waals surface area contributed by atoms with E-state index in [9.17, 15) is 26.8 Å². The maximum absolute atomic E-state index is 13.8. The van der Waals surface area contributed by atoms with E-state index in [2.05, 4.69) is 5.32 Å². The van der Waals surface area contributed by atoms with Gasteiger partial charge in [0, 0.05) is 18.7 Å². The Bertz CT molecular complexity index is 1190. The number of rotatable bonds is 7. The molecule has 1 heterocycles. The lowest BCUT2D eigenvalue weighted by atomic mass is 10.1. The van der Waals surface area contributed by atoms with Gasteiger partial charge in [-0.3, -0.25) is 4.79 Å². The van der Waals surface area contributed by atoms with Crippen LogP contribution in [0.5, 0.6) is 5.75 Å². The van der Waals surface area contributed by atoms with Gasteiger partial charge in [0.25, 0.3) is 5.91 Å². The van der Waals surface area contributed by atoms with Crippen molar-refractivity contribution < 1.29 is 36.3 Å². The first-order valence-electron chi connectivity index (χ1n) is 10.7. The molecule has 11 heteroatoms. The first-order valence-corrected chi connectivity index (χ1v) is 12.2. The van der Waals surface area contributed by atoms with Gasteiger partial charge in [-0.2, -0.15) is 4.31 Å². The van der Waals surface area contributed by atoms with Crippen molar-refractivity contribution >= 4 is 27.6 Å². The minimum Gasteiger partial charge on any atom is -0.495 e. The Labute approximate surface area is 196 Å². The number of nitrogens with one attached hydrogen (secondary N) is 1. The van der Waals surface area contributed by atoms with Crippen LogP contribution < -0.4 is 10.1 Å². The summed E-state index contributed by atoms with van der Waals surface area (Å²) in [5, 5.41) is 2.16. The highest BCUT2D eigenvalue weighted by atomic mass is 32.2. The van der Waals surface area contributed by atoms with Gasteiger partial charge in [0.05, 0.1) is 18.4 Å². The van der Waals surface area contributed by atoms with Crippen LogP contribution in [-0.4, -0.2) is 50.4 Å². The summed E-state index contributed by atoms with van der Waals surface area (Å²) in [6, 6.07) is 6.14. The largest absolute Gasteiger partial charge is 0.495 e. The van der Waals surface area contributed by atoms with Crippen LogP contribution >= 0.6 is 0 Å². The van der Waals surface area contributed by atoms with Gasteiger partial charge in [0.1, 0.15) is 22.3 Å². The highest BCUT2D eigenvalue weighted by Crippen LogP contribution is 2.32. The van der Waals surface area contributed by atoms with Crippen LogP contribution in [-0.2, 0) is 19.6 Å². The number of benzene rings is 2. The fourth-order valence-corrected chi connectivity index (χ4v) is 5.55. The highest BCUT2D eigenvalue weighted by molar-refractivity contribution is 7.89. The van der Waals surface area contributed by atoms with Gasteiger partial charge in [0.2, 0.25) is 10.0 Å². The second-order valence-electron chi connectivity index (χ2n) is 7.99. The Morgan fingerprint density at radius 3 is 2.56 bits per heavy atom. The van der Waals surface area contributed by atoms with E-state index in [0.717, 1.165) is 43.5 Å². The summed E-state index contributed by atoms with van der Waals surface area (Å²) in [6.45, 7) is 3.43. The Morgan fingerprint density at radius 1 is 1.15 bits per heavy atom. The van der Waals surface area contributed by atoms with E-state index in [-0.39, 0.29) is 22.3 Å². The molecule has 2 aromatic carbocycles. The van der Waals surface area contributed by atoms with E-state index in [1.54, 1.807) is 0 Å². The number of hydrogen-bond acceptors (Lipinski definition) is 6. The lowest BCUT2D eigenvalue weighted by molar-refractivity contribution is -0.123. The first-order chi connectivity index (χ1) is 16.0. The summed E-state index contributed by atoms with van der Waals surface area (Å²) in [7, 11) is -2.64. The van der Waals surface area contributed by atoms with Crippen LogP contribution in [0.3, 0.4) is 0 Å². The van der Waals surface area contributed by atoms with Crippen molar-refractivity contribution in [2.75, 3.05) is 19.0 Å². The van der Waals surface area contributed by atoms with Crippen molar-refractivity contribution in [1.82, 2.24) is 4.31 Å². The van der Waals surface area contributed by atoms with Crippen LogP contribution in [0.25, 0.3) is 0 Å². The molecule has 1 fully saturated rings. The van der Waals surface area contributed by atoms with Gasteiger partial charge in [-0.15, -0.1) is 0 Å². The van der Waals surface area contributed by atoms with E-state index >= 15 is 0 Å². The molecule has 8 nitrogen and oxygen atoms in total. The number of piperidine rings is 1. The fraction of sp³-hybridized carbons (Fsp3) is 0.391. The summed E-state index contributed by atoms with van der Waals surface area (Å²) in [6.07, 6.45) is 1.00. The van der Waals surface area contributed by atoms with Crippen molar-refractivity contribution in [2.45, 2.75) is 50.2 Å². The van der Waals surface area contributed by atoms with E-state index < -0.39 is 45.3 Å². The third-order valence-electron chi connectivity index (χ3n) is 5.57. The third-order valence-corrected chi connectivity index (χ3v) is 7.60. The number of halogens is 2. The number of carbonyl (C=O) groups excluding carboxylic acids is 2. The topological polar surface area (TPSA) is 102 Å². The first kappa shape index (κ1) is 25.6. The molecule has 2 aromatic rings. The van der Waals surface area contributed by atoms with Crippen molar-refractivity contribution in [3.63, 3.8) is 0 Å². The number of hydrogen-bond donors (Lipinski definition) is 1. The summed E-state index contributed by atoms with van der Waals surface area (Å²) >= 11 is 0. The second-order valence-corrected chi connectivity index (χ2v) is 9.85. The van der Waals surface area contributed by atoms with E-state index in [0.29, 0.717) is 6.54 Å². The molecule has 1 amide bonds. The van der Waals surface area contributed by atoms with Crippen molar-refractivity contribution in [2.24, 2.45) is 0 Å². The Hall–Kier alpha value is -3.05. The molecule has 1 N–H and O–H groups in total. The van der Waals surface area contributed by atoms with Crippen molar-refractivity contribution in [1.29, 1.82) is 0 Å². The van der Waals surface area contributed by atoms with Gasteiger partial charge in [-0.05, 0) is 57.0 Å².